The summed E-state index contributed by atoms with van der Waals surface area (Å²) in [5.41, 5.74) is 1.87. The lowest BCUT2D eigenvalue weighted by molar-refractivity contribution is 0.0992. The van der Waals surface area contributed by atoms with Gasteiger partial charge in [-0.2, -0.15) is 0 Å². The first kappa shape index (κ1) is 18.4. The van der Waals surface area contributed by atoms with E-state index < -0.39 is 9.84 Å². The zero-order chi connectivity index (χ0) is 18.7. The van der Waals surface area contributed by atoms with E-state index >= 15 is 0 Å². The number of carbonyl (C=O) groups is 1. The van der Waals surface area contributed by atoms with Gasteiger partial charge in [0.1, 0.15) is 4.21 Å². The molecule has 0 unspecified atom stereocenters. The van der Waals surface area contributed by atoms with E-state index in [0.29, 0.717) is 11.4 Å². The minimum atomic E-state index is -3.61. The Kier molecular flexibility index (Phi) is 5.25. The third-order valence-electron chi connectivity index (χ3n) is 3.99. The average molecular weight is 386 g/mol. The van der Waals surface area contributed by atoms with Crippen molar-refractivity contribution in [1.29, 1.82) is 0 Å². The Morgan fingerprint density at radius 3 is 2.38 bits per heavy atom. The van der Waals surface area contributed by atoms with Crippen LogP contribution in [0.25, 0.3) is 0 Å². The van der Waals surface area contributed by atoms with Crippen molar-refractivity contribution in [3.8, 4) is 0 Å². The van der Waals surface area contributed by atoms with Gasteiger partial charge in [0.2, 0.25) is 9.84 Å². The average Bonchev–Trinajstić information content (AvgIpc) is 3.14. The first-order valence-electron chi connectivity index (χ1n) is 8.22. The number of amides is 1. The van der Waals surface area contributed by atoms with Gasteiger partial charge in [0.25, 0.3) is 5.91 Å². The van der Waals surface area contributed by atoms with Crippen molar-refractivity contribution in [2.75, 3.05) is 11.4 Å². The standard InChI is InChI=1S/C20H19NO3S2/c1-3-21(16-9-7-8-15(2)14-16)20(22)18-12-13-19(25-18)26(23,24)17-10-5-4-6-11-17/h4-14H,3H2,1-2H3. The van der Waals surface area contributed by atoms with Gasteiger partial charge in [-0.1, -0.05) is 30.3 Å². The number of aryl methyl sites for hydroxylation is 1. The summed E-state index contributed by atoms with van der Waals surface area (Å²) in [6, 6.07) is 19.0. The third kappa shape index (κ3) is 3.57. The zero-order valence-corrected chi connectivity index (χ0v) is 16.2. The molecule has 6 heteroatoms. The summed E-state index contributed by atoms with van der Waals surface area (Å²) in [5.74, 6) is -0.197. The lowest BCUT2D eigenvalue weighted by Crippen LogP contribution is -2.29. The first-order valence-corrected chi connectivity index (χ1v) is 10.5. The maximum atomic E-state index is 12.9. The highest BCUT2D eigenvalue weighted by molar-refractivity contribution is 7.93. The van der Waals surface area contributed by atoms with Gasteiger partial charge in [0, 0.05) is 12.2 Å². The third-order valence-corrected chi connectivity index (χ3v) is 7.32. The number of thiophene rings is 1. The molecule has 0 aliphatic rings. The van der Waals surface area contributed by atoms with Gasteiger partial charge in [-0.3, -0.25) is 4.79 Å². The summed E-state index contributed by atoms with van der Waals surface area (Å²) >= 11 is 1.01. The fourth-order valence-electron chi connectivity index (χ4n) is 2.67. The Morgan fingerprint density at radius 1 is 1.00 bits per heavy atom. The van der Waals surface area contributed by atoms with E-state index in [4.69, 9.17) is 0 Å². The van der Waals surface area contributed by atoms with Crippen LogP contribution in [0.15, 0.2) is 75.8 Å². The zero-order valence-electron chi connectivity index (χ0n) is 14.5. The Balaban J connectivity index is 1.93. The molecule has 0 atom stereocenters. The maximum Gasteiger partial charge on any atom is 0.268 e. The number of carbonyl (C=O) groups excluding carboxylic acids is 1. The van der Waals surface area contributed by atoms with Crippen LogP contribution in [0.1, 0.15) is 22.2 Å². The molecule has 0 aliphatic carbocycles. The van der Waals surface area contributed by atoms with Gasteiger partial charge in [0.15, 0.2) is 0 Å². The molecule has 3 rings (SSSR count). The monoisotopic (exact) mass is 385 g/mol. The molecule has 0 radical (unpaired) electrons. The highest BCUT2D eigenvalue weighted by Crippen LogP contribution is 2.29. The first-order chi connectivity index (χ1) is 12.4. The van der Waals surface area contributed by atoms with Crippen LogP contribution in [0.2, 0.25) is 0 Å². The Labute approximate surface area is 157 Å². The normalized spacial score (nSPS) is 11.3. The van der Waals surface area contributed by atoms with E-state index in [9.17, 15) is 13.2 Å². The van der Waals surface area contributed by atoms with Crippen LogP contribution in [-0.4, -0.2) is 20.9 Å². The molecule has 0 spiro atoms. The van der Waals surface area contributed by atoms with E-state index in [-0.39, 0.29) is 15.0 Å². The van der Waals surface area contributed by atoms with Crippen LogP contribution in [0.3, 0.4) is 0 Å². The van der Waals surface area contributed by atoms with Crippen LogP contribution < -0.4 is 4.90 Å². The van der Waals surface area contributed by atoms with Crippen molar-refractivity contribution < 1.29 is 13.2 Å². The van der Waals surface area contributed by atoms with E-state index in [1.807, 2.05) is 38.1 Å². The molecule has 0 saturated heterocycles. The molecule has 0 N–H and O–H groups in total. The van der Waals surface area contributed by atoms with Crippen molar-refractivity contribution in [1.82, 2.24) is 0 Å². The fraction of sp³-hybridized carbons (Fsp3) is 0.150. The molecule has 1 heterocycles. The van der Waals surface area contributed by atoms with Gasteiger partial charge < -0.3 is 4.90 Å². The van der Waals surface area contributed by atoms with Crippen molar-refractivity contribution in [3.63, 3.8) is 0 Å². The molecule has 3 aromatic rings. The molecule has 134 valence electrons. The van der Waals surface area contributed by atoms with Crippen molar-refractivity contribution in [3.05, 3.63) is 77.2 Å². The van der Waals surface area contributed by atoms with Gasteiger partial charge in [-0.05, 0) is 55.8 Å². The van der Waals surface area contributed by atoms with Crippen molar-refractivity contribution >= 4 is 32.8 Å². The van der Waals surface area contributed by atoms with E-state index in [2.05, 4.69) is 0 Å². The summed E-state index contributed by atoms with van der Waals surface area (Å²) in [6.45, 7) is 4.37. The number of hydrogen-bond donors (Lipinski definition) is 0. The molecule has 0 aliphatic heterocycles. The molecule has 26 heavy (non-hydrogen) atoms. The Morgan fingerprint density at radius 2 is 1.73 bits per heavy atom. The van der Waals surface area contributed by atoms with Crippen LogP contribution in [0.4, 0.5) is 5.69 Å². The van der Waals surface area contributed by atoms with E-state index in [0.717, 1.165) is 22.6 Å². The number of nitrogens with zero attached hydrogens (tertiary/aromatic N) is 1. The Bertz CT molecular complexity index is 1020. The van der Waals surface area contributed by atoms with E-state index in [1.165, 1.54) is 6.07 Å². The highest BCUT2D eigenvalue weighted by Gasteiger charge is 2.24. The summed E-state index contributed by atoms with van der Waals surface area (Å²) in [5, 5.41) is 0. The van der Waals surface area contributed by atoms with Crippen molar-refractivity contribution in [2.24, 2.45) is 0 Å². The summed E-state index contributed by atoms with van der Waals surface area (Å²) in [4.78, 5) is 15.2. The summed E-state index contributed by atoms with van der Waals surface area (Å²) in [6.07, 6.45) is 0. The van der Waals surface area contributed by atoms with Gasteiger partial charge in [-0.25, -0.2) is 8.42 Å². The fourth-order valence-corrected chi connectivity index (χ4v) is 5.35. The Hall–Kier alpha value is -2.44. The lowest BCUT2D eigenvalue weighted by atomic mass is 10.2. The molecule has 4 nitrogen and oxygen atoms in total. The number of rotatable bonds is 5. The van der Waals surface area contributed by atoms with Gasteiger partial charge in [0.05, 0.1) is 9.77 Å². The predicted molar refractivity (Wildman–Crippen MR) is 105 cm³/mol. The summed E-state index contributed by atoms with van der Waals surface area (Å²) in [7, 11) is -3.61. The molecule has 0 saturated carbocycles. The van der Waals surface area contributed by atoms with Crippen LogP contribution in [0.5, 0.6) is 0 Å². The number of sulfone groups is 1. The van der Waals surface area contributed by atoms with Crippen LogP contribution in [0, 0.1) is 6.92 Å². The molecule has 2 aromatic carbocycles. The highest BCUT2D eigenvalue weighted by atomic mass is 32.2. The molecular weight excluding hydrogens is 366 g/mol. The topological polar surface area (TPSA) is 54.5 Å². The molecule has 1 amide bonds. The number of benzene rings is 2. The van der Waals surface area contributed by atoms with Crippen LogP contribution in [-0.2, 0) is 9.84 Å². The molecular formula is C20H19NO3S2. The quantitative estimate of drug-likeness (QED) is 0.647. The summed E-state index contributed by atoms with van der Waals surface area (Å²) < 4.78 is 25.6. The maximum absolute atomic E-state index is 12.9. The second-order valence-electron chi connectivity index (χ2n) is 5.82. The second kappa shape index (κ2) is 7.43. The largest absolute Gasteiger partial charge is 0.308 e. The van der Waals surface area contributed by atoms with Crippen LogP contribution >= 0.6 is 11.3 Å². The van der Waals surface area contributed by atoms with Gasteiger partial charge >= 0.3 is 0 Å². The minimum Gasteiger partial charge on any atom is -0.308 e. The number of hydrogen-bond acceptors (Lipinski definition) is 4. The van der Waals surface area contributed by atoms with Gasteiger partial charge in [-0.15, -0.1) is 11.3 Å². The molecule has 0 fully saturated rings. The SMILES string of the molecule is CCN(C(=O)c1ccc(S(=O)(=O)c2ccccc2)s1)c1cccc(C)c1. The van der Waals surface area contributed by atoms with E-state index in [1.54, 1.807) is 41.3 Å². The van der Waals surface area contributed by atoms with Crippen molar-refractivity contribution in [2.45, 2.75) is 23.0 Å². The smallest absolute Gasteiger partial charge is 0.268 e. The molecule has 1 aromatic heterocycles. The molecule has 0 bridgehead atoms. The second-order valence-corrected chi connectivity index (χ2v) is 9.08. The minimum absolute atomic E-state index is 0.173. The number of anilines is 1. The predicted octanol–water partition coefficient (Wildman–Crippen LogP) is 4.56. The lowest BCUT2D eigenvalue weighted by Gasteiger charge is -2.20.